The summed E-state index contributed by atoms with van der Waals surface area (Å²) in [5.74, 6) is 1.39. The second-order valence-corrected chi connectivity index (χ2v) is 10.1. The molecule has 0 radical (unpaired) electrons. The lowest BCUT2D eigenvalue weighted by atomic mass is 10.1. The van der Waals surface area contributed by atoms with Gasteiger partial charge in [0.1, 0.15) is 24.1 Å². The van der Waals surface area contributed by atoms with E-state index in [1.54, 1.807) is 41.3 Å². The number of nitrogens with one attached hydrogen (secondary N) is 2. The smallest absolute Gasteiger partial charge is 0.278 e. The number of benzene rings is 1. The monoisotopic (exact) mass is 594 g/mol. The van der Waals surface area contributed by atoms with Crippen molar-refractivity contribution in [3.63, 3.8) is 0 Å². The molecular weight excluding hydrogens is 564 g/mol. The summed E-state index contributed by atoms with van der Waals surface area (Å²) in [6.45, 7) is 3.82. The Labute approximate surface area is 251 Å². The first-order chi connectivity index (χ1) is 21.5. The van der Waals surface area contributed by atoms with Gasteiger partial charge >= 0.3 is 0 Å². The fourth-order valence-corrected chi connectivity index (χ4v) is 4.81. The number of aromatic nitrogens is 8. The van der Waals surface area contributed by atoms with Crippen molar-refractivity contribution in [3.8, 4) is 23.0 Å². The molecule has 0 aliphatic rings. The molecule has 0 aliphatic carbocycles. The van der Waals surface area contributed by atoms with Crippen LogP contribution in [0.15, 0.2) is 82.3 Å². The topological polar surface area (TPSA) is 171 Å². The molecule has 44 heavy (non-hydrogen) atoms. The zero-order valence-electron chi connectivity index (χ0n) is 24.2. The average Bonchev–Trinajstić information content (AvgIpc) is 3.64. The van der Waals surface area contributed by atoms with Crippen LogP contribution in [0.5, 0.6) is 0 Å². The summed E-state index contributed by atoms with van der Waals surface area (Å²) in [5.41, 5.74) is 2.11. The zero-order chi connectivity index (χ0) is 30.6. The van der Waals surface area contributed by atoms with Crippen molar-refractivity contribution in [2.24, 2.45) is 0 Å². The molecule has 6 aromatic rings. The van der Waals surface area contributed by atoms with E-state index in [9.17, 15) is 9.90 Å². The maximum atomic E-state index is 13.0. The van der Waals surface area contributed by atoms with Crippen molar-refractivity contribution < 1.29 is 14.3 Å². The average molecular weight is 595 g/mol. The summed E-state index contributed by atoms with van der Waals surface area (Å²) in [6, 6.07) is 17.7. The Morgan fingerprint density at radius 1 is 0.977 bits per heavy atom. The van der Waals surface area contributed by atoms with Gasteiger partial charge in [-0.3, -0.25) is 14.5 Å². The van der Waals surface area contributed by atoms with Crippen LogP contribution in [0.2, 0.25) is 0 Å². The van der Waals surface area contributed by atoms with E-state index in [1.807, 2.05) is 50.2 Å². The first-order valence-electron chi connectivity index (χ1n) is 13.9. The van der Waals surface area contributed by atoms with Gasteiger partial charge in [-0.25, -0.2) is 14.6 Å². The summed E-state index contributed by atoms with van der Waals surface area (Å²) in [5, 5.41) is 25.5. The number of fused-ring (bicyclic) bond motifs is 1. The number of pyridine rings is 2. The molecule has 0 saturated heterocycles. The summed E-state index contributed by atoms with van der Waals surface area (Å²) >= 11 is 0. The molecule has 14 nitrogen and oxygen atoms in total. The highest BCUT2D eigenvalue weighted by Gasteiger charge is 2.21. The minimum Gasteiger partial charge on any atom is -0.414 e. The lowest BCUT2D eigenvalue weighted by Gasteiger charge is -2.19. The Hall–Kier alpha value is -5.47. The summed E-state index contributed by atoms with van der Waals surface area (Å²) in [7, 11) is 1.54. The van der Waals surface area contributed by atoms with E-state index >= 15 is 0 Å². The van der Waals surface area contributed by atoms with E-state index in [0.717, 1.165) is 5.56 Å². The number of nitrogens with zero attached hydrogens (tertiary/aromatic N) is 8. The molecule has 0 fully saturated rings. The van der Waals surface area contributed by atoms with Crippen LogP contribution >= 0.6 is 0 Å². The Balaban J connectivity index is 1.39. The van der Waals surface area contributed by atoms with E-state index in [1.165, 1.54) is 11.8 Å². The molecule has 0 saturated carbocycles. The molecule has 1 atom stereocenters. The summed E-state index contributed by atoms with van der Waals surface area (Å²) in [6.07, 6.45) is 3.18. The lowest BCUT2D eigenvalue weighted by molar-refractivity contribution is 0.103. The highest BCUT2D eigenvalue weighted by Crippen LogP contribution is 2.31. The largest absolute Gasteiger partial charge is 0.414 e. The van der Waals surface area contributed by atoms with E-state index < -0.39 is 6.04 Å². The number of rotatable bonds is 11. The van der Waals surface area contributed by atoms with Crippen LogP contribution in [0.3, 0.4) is 0 Å². The van der Waals surface area contributed by atoms with Crippen LogP contribution in [-0.4, -0.2) is 58.3 Å². The van der Waals surface area contributed by atoms with Gasteiger partial charge in [-0.05, 0) is 43.7 Å². The van der Waals surface area contributed by atoms with Crippen molar-refractivity contribution in [1.29, 1.82) is 0 Å². The van der Waals surface area contributed by atoms with Gasteiger partial charge in [-0.2, -0.15) is 4.98 Å². The quantitative estimate of drug-likeness (QED) is 0.196. The molecule has 0 spiro atoms. The maximum absolute atomic E-state index is 13.0. The van der Waals surface area contributed by atoms with Crippen LogP contribution in [-0.2, 0) is 11.5 Å². The van der Waals surface area contributed by atoms with Crippen LogP contribution in [0.4, 0.5) is 17.6 Å². The first kappa shape index (κ1) is 28.6. The summed E-state index contributed by atoms with van der Waals surface area (Å²) < 4.78 is 14.5. The third-order valence-electron chi connectivity index (χ3n) is 6.82. The van der Waals surface area contributed by atoms with Crippen LogP contribution < -0.4 is 16.2 Å². The van der Waals surface area contributed by atoms with Gasteiger partial charge in [0, 0.05) is 25.5 Å². The van der Waals surface area contributed by atoms with Gasteiger partial charge < -0.3 is 24.9 Å². The SMILES string of the molecule is COCn1c(=O)c2ccc(Nc3ncc(-c4nnc(-c5ccccn5)o4)c(N[C@H](CO)c4ccccc4)n3)nc2n1C(C)C. The fourth-order valence-electron chi connectivity index (χ4n) is 4.81. The number of hydrogen-bond acceptors (Lipinski definition) is 12. The van der Waals surface area contributed by atoms with E-state index in [4.69, 9.17) is 19.1 Å². The lowest BCUT2D eigenvalue weighted by Crippen LogP contribution is -2.25. The van der Waals surface area contributed by atoms with Crippen molar-refractivity contribution in [2.45, 2.75) is 32.7 Å². The van der Waals surface area contributed by atoms with Crippen molar-refractivity contribution in [3.05, 3.63) is 89.0 Å². The fraction of sp³-hybridized carbons (Fsp3) is 0.233. The van der Waals surface area contributed by atoms with Gasteiger partial charge in [-0.1, -0.05) is 36.4 Å². The Morgan fingerprint density at radius 2 is 1.77 bits per heavy atom. The number of aliphatic hydroxyl groups excluding tert-OH is 1. The molecule has 5 aromatic heterocycles. The molecule has 0 amide bonds. The van der Waals surface area contributed by atoms with Crippen molar-refractivity contribution >= 4 is 28.6 Å². The molecule has 0 bridgehead atoms. The highest BCUT2D eigenvalue weighted by molar-refractivity contribution is 5.78. The van der Waals surface area contributed by atoms with Gasteiger partial charge in [0.25, 0.3) is 17.3 Å². The standard InChI is InChI=1S/C30H30N10O4/c1-18(2)40-26-20(29(42)39(40)17-43-3)12-13-24(34-26)35-30-32-15-21(27-37-38-28(44-27)22-11-7-8-14-31-22)25(36-30)33-23(16-41)19-9-5-4-6-10-19/h4-15,18,23,41H,16-17H2,1-3H3,(H2,32,33,34,35,36)/t23-/m1/s1. The van der Waals surface area contributed by atoms with E-state index in [-0.39, 0.29) is 42.7 Å². The van der Waals surface area contributed by atoms with Gasteiger partial charge in [0.15, 0.2) is 5.65 Å². The number of aliphatic hydroxyl groups is 1. The predicted molar refractivity (Wildman–Crippen MR) is 163 cm³/mol. The normalized spacial score (nSPS) is 12.1. The molecule has 224 valence electrons. The van der Waals surface area contributed by atoms with E-state index in [0.29, 0.717) is 33.9 Å². The van der Waals surface area contributed by atoms with Crippen LogP contribution in [0, 0.1) is 0 Å². The molecular formula is C30H30N10O4. The first-order valence-corrected chi connectivity index (χ1v) is 13.9. The second kappa shape index (κ2) is 12.4. The minimum atomic E-state index is -0.494. The number of anilines is 3. The molecule has 3 N–H and O–H groups in total. The van der Waals surface area contributed by atoms with Crippen molar-refractivity contribution in [2.75, 3.05) is 24.4 Å². The molecule has 0 unspecified atom stereocenters. The van der Waals surface area contributed by atoms with Gasteiger partial charge in [-0.15, -0.1) is 10.2 Å². The van der Waals surface area contributed by atoms with Gasteiger partial charge in [0.2, 0.25) is 5.95 Å². The number of methoxy groups -OCH3 is 1. The number of ether oxygens (including phenoxy) is 1. The Bertz CT molecular complexity index is 1940. The molecule has 6 rings (SSSR count). The minimum absolute atomic E-state index is 0.0526. The van der Waals surface area contributed by atoms with Crippen LogP contribution in [0.1, 0.15) is 31.5 Å². The molecule has 5 heterocycles. The second-order valence-electron chi connectivity index (χ2n) is 10.1. The Kier molecular flexibility index (Phi) is 8.08. The summed E-state index contributed by atoms with van der Waals surface area (Å²) in [4.78, 5) is 31.2. The highest BCUT2D eigenvalue weighted by atomic mass is 16.5. The third kappa shape index (κ3) is 5.63. The maximum Gasteiger partial charge on any atom is 0.278 e. The van der Waals surface area contributed by atoms with Gasteiger partial charge in [0.05, 0.1) is 23.6 Å². The third-order valence-corrected chi connectivity index (χ3v) is 6.82. The number of hydrogen-bond donors (Lipinski definition) is 3. The molecule has 1 aromatic carbocycles. The van der Waals surface area contributed by atoms with E-state index in [2.05, 4.69) is 30.8 Å². The zero-order valence-corrected chi connectivity index (χ0v) is 24.2. The molecule has 14 heteroatoms. The van der Waals surface area contributed by atoms with Crippen LogP contribution in [0.25, 0.3) is 34.1 Å². The predicted octanol–water partition coefficient (Wildman–Crippen LogP) is 4.17. The van der Waals surface area contributed by atoms with Crippen molar-refractivity contribution in [1.82, 2.24) is 39.5 Å². The molecule has 0 aliphatic heterocycles. The Morgan fingerprint density at radius 3 is 2.50 bits per heavy atom.